The molecule has 0 aromatic rings. The summed E-state index contributed by atoms with van der Waals surface area (Å²) < 4.78 is 33.0. The van der Waals surface area contributed by atoms with Gasteiger partial charge in [-0.05, 0) is 6.42 Å². The van der Waals surface area contributed by atoms with E-state index in [4.69, 9.17) is 0 Å². The zero-order valence-corrected chi connectivity index (χ0v) is 12.6. The molecule has 21 heavy (non-hydrogen) atoms. The molecule has 1 rings (SSSR count). The van der Waals surface area contributed by atoms with Crippen molar-refractivity contribution < 1.29 is 32.3 Å². The van der Waals surface area contributed by atoms with Crippen LogP contribution in [0.2, 0.25) is 0 Å². The molecular weight excluding hydrogens is 304 g/mol. The average molecular weight is 322 g/mol. The fourth-order valence-electron chi connectivity index (χ4n) is 1.83. The van der Waals surface area contributed by atoms with Crippen LogP contribution in [0.3, 0.4) is 0 Å². The van der Waals surface area contributed by atoms with E-state index < -0.39 is 40.0 Å². The topological polar surface area (TPSA) is 128 Å². The van der Waals surface area contributed by atoms with Crippen LogP contribution in [0.5, 0.6) is 0 Å². The van der Waals surface area contributed by atoms with Gasteiger partial charge in [-0.15, -0.1) is 0 Å². The highest BCUT2D eigenvalue weighted by molar-refractivity contribution is 7.90. The van der Waals surface area contributed by atoms with Crippen molar-refractivity contribution in [2.24, 2.45) is 0 Å². The predicted molar refractivity (Wildman–Crippen MR) is 70.5 cm³/mol. The van der Waals surface area contributed by atoms with Crippen molar-refractivity contribution in [2.45, 2.75) is 31.3 Å². The monoisotopic (exact) mass is 322 g/mol. The lowest BCUT2D eigenvalue weighted by atomic mass is 10.1. The average Bonchev–Trinajstić information content (AvgIpc) is 2.39. The van der Waals surface area contributed by atoms with Gasteiger partial charge >= 0.3 is 11.9 Å². The minimum Gasteiger partial charge on any atom is -0.469 e. The van der Waals surface area contributed by atoms with Gasteiger partial charge in [0.25, 0.3) is 0 Å². The van der Waals surface area contributed by atoms with Gasteiger partial charge in [0.2, 0.25) is 15.9 Å². The van der Waals surface area contributed by atoms with Crippen LogP contribution >= 0.6 is 0 Å². The number of hydrogen-bond donors (Lipinski definition) is 2. The molecule has 1 fully saturated rings. The van der Waals surface area contributed by atoms with Crippen LogP contribution in [-0.4, -0.2) is 58.3 Å². The lowest BCUT2D eigenvalue weighted by Gasteiger charge is -2.27. The molecule has 1 saturated heterocycles. The van der Waals surface area contributed by atoms with E-state index in [1.54, 1.807) is 0 Å². The molecule has 0 radical (unpaired) electrons. The molecule has 0 saturated carbocycles. The highest BCUT2D eigenvalue weighted by Gasteiger charge is 2.34. The number of esters is 2. The highest BCUT2D eigenvalue weighted by Crippen LogP contribution is 2.10. The van der Waals surface area contributed by atoms with Crippen LogP contribution in [0, 0.1) is 0 Å². The first-order valence-corrected chi connectivity index (χ1v) is 7.86. The molecule has 2 N–H and O–H groups in total. The third-order valence-corrected chi connectivity index (χ3v) is 4.42. The quantitative estimate of drug-likeness (QED) is 0.534. The molecule has 0 aliphatic carbocycles. The Bertz CT molecular complexity index is 505. The van der Waals surface area contributed by atoms with Gasteiger partial charge in [-0.3, -0.25) is 9.59 Å². The van der Waals surface area contributed by atoms with Crippen molar-refractivity contribution in [1.82, 2.24) is 10.0 Å². The Labute approximate surface area is 122 Å². The van der Waals surface area contributed by atoms with Crippen LogP contribution in [-0.2, 0) is 33.9 Å². The number of nitrogens with one attached hydrogen (secondary N) is 2. The van der Waals surface area contributed by atoms with Gasteiger partial charge in [0.1, 0.15) is 6.04 Å². The summed E-state index contributed by atoms with van der Waals surface area (Å²) in [5, 5.41) is 2.42. The number of ether oxygens (including phenoxy) is 2. The van der Waals surface area contributed by atoms with Gasteiger partial charge in [-0.25, -0.2) is 17.9 Å². The van der Waals surface area contributed by atoms with Gasteiger partial charge in [0.15, 0.2) is 0 Å². The number of carbonyl (C=O) groups is 3. The van der Waals surface area contributed by atoms with E-state index in [2.05, 4.69) is 19.5 Å². The van der Waals surface area contributed by atoms with Crippen molar-refractivity contribution in [3.63, 3.8) is 0 Å². The van der Waals surface area contributed by atoms with Gasteiger partial charge < -0.3 is 14.8 Å². The van der Waals surface area contributed by atoms with Crippen molar-refractivity contribution in [2.75, 3.05) is 20.0 Å². The van der Waals surface area contributed by atoms with Crippen molar-refractivity contribution in [3.8, 4) is 0 Å². The number of sulfonamides is 1. The first kappa shape index (κ1) is 17.4. The van der Waals surface area contributed by atoms with E-state index in [1.165, 1.54) is 14.2 Å². The first-order valence-electron chi connectivity index (χ1n) is 6.21. The van der Waals surface area contributed by atoms with E-state index >= 15 is 0 Å². The Hall–Kier alpha value is -1.68. The summed E-state index contributed by atoms with van der Waals surface area (Å²) in [4.78, 5) is 34.3. The highest BCUT2D eigenvalue weighted by atomic mass is 32.2. The maximum absolute atomic E-state index is 11.7. The second-order valence-corrected chi connectivity index (χ2v) is 6.36. The Balaban J connectivity index is 2.46. The molecule has 0 spiro atoms. The number of methoxy groups -OCH3 is 2. The van der Waals surface area contributed by atoms with E-state index in [9.17, 15) is 22.8 Å². The predicted octanol–water partition coefficient (Wildman–Crippen LogP) is -1.71. The molecule has 1 heterocycles. The summed E-state index contributed by atoms with van der Waals surface area (Å²) in [6.45, 7) is 0. The van der Waals surface area contributed by atoms with Crippen molar-refractivity contribution in [3.05, 3.63) is 0 Å². The molecule has 1 aliphatic heterocycles. The van der Waals surface area contributed by atoms with E-state index in [1.807, 2.05) is 0 Å². The third kappa shape index (κ3) is 5.68. The van der Waals surface area contributed by atoms with Crippen LogP contribution in [0.15, 0.2) is 0 Å². The number of hydrogen-bond acceptors (Lipinski definition) is 7. The Morgan fingerprint density at radius 3 is 2.38 bits per heavy atom. The van der Waals surface area contributed by atoms with Gasteiger partial charge in [0, 0.05) is 18.9 Å². The largest absolute Gasteiger partial charge is 0.469 e. The summed E-state index contributed by atoms with van der Waals surface area (Å²) in [6, 6.07) is -1.44. The van der Waals surface area contributed by atoms with Gasteiger partial charge in [0.05, 0.1) is 20.0 Å². The fraction of sp³-hybridized carbons (Fsp3) is 0.727. The van der Waals surface area contributed by atoms with Gasteiger partial charge in [-0.2, -0.15) is 0 Å². The maximum atomic E-state index is 11.7. The zero-order valence-electron chi connectivity index (χ0n) is 11.7. The van der Waals surface area contributed by atoms with Crippen LogP contribution in [0.1, 0.15) is 19.3 Å². The van der Waals surface area contributed by atoms with Crippen LogP contribution in [0.4, 0.5) is 0 Å². The molecule has 120 valence electrons. The molecule has 0 bridgehead atoms. The summed E-state index contributed by atoms with van der Waals surface area (Å²) in [6.07, 6.45) is -0.0843. The Morgan fingerprint density at radius 2 is 1.90 bits per heavy atom. The van der Waals surface area contributed by atoms with E-state index in [0.717, 1.165) is 0 Å². The van der Waals surface area contributed by atoms with Crippen molar-refractivity contribution >= 4 is 27.9 Å². The number of amides is 1. The summed E-state index contributed by atoms with van der Waals surface area (Å²) in [5.41, 5.74) is 0. The van der Waals surface area contributed by atoms with E-state index in [-0.39, 0.29) is 25.0 Å². The Kier molecular flexibility index (Phi) is 6.09. The number of rotatable bonds is 7. The number of carbonyl (C=O) groups excluding carboxylic acids is 3. The van der Waals surface area contributed by atoms with Crippen LogP contribution < -0.4 is 10.0 Å². The lowest BCUT2D eigenvalue weighted by molar-refractivity contribution is -0.146. The fourth-order valence-corrected chi connectivity index (χ4v) is 3.04. The third-order valence-electron chi connectivity index (χ3n) is 2.88. The molecule has 1 amide bonds. The summed E-state index contributed by atoms with van der Waals surface area (Å²) in [5.74, 6) is -1.81. The second-order valence-electron chi connectivity index (χ2n) is 4.56. The molecule has 1 aliphatic rings. The lowest BCUT2D eigenvalue weighted by Crippen LogP contribution is -2.55. The van der Waals surface area contributed by atoms with Crippen LogP contribution in [0.25, 0.3) is 0 Å². The zero-order chi connectivity index (χ0) is 16.0. The molecule has 1 unspecified atom stereocenters. The van der Waals surface area contributed by atoms with E-state index in [0.29, 0.717) is 0 Å². The summed E-state index contributed by atoms with van der Waals surface area (Å²) in [7, 11) is -0.848. The SMILES string of the molecule is COC(=O)CC[C@H](NC(=O)CC1CS(=O)(=O)N1)C(=O)OC. The maximum Gasteiger partial charge on any atom is 0.328 e. The summed E-state index contributed by atoms with van der Waals surface area (Å²) >= 11 is 0. The van der Waals surface area contributed by atoms with Gasteiger partial charge in [-0.1, -0.05) is 0 Å². The van der Waals surface area contributed by atoms with Crippen molar-refractivity contribution in [1.29, 1.82) is 0 Å². The molecule has 2 atom stereocenters. The molecule has 10 heteroatoms. The molecular formula is C11H18N2O7S. The standard InChI is InChI=1S/C11H18N2O7S/c1-19-10(15)4-3-8(11(16)20-2)12-9(14)5-7-6-21(17,18)13-7/h7-8,13H,3-6H2,1-2H3,(H,12,14)/t7?,8-/m0/s1. The Morgan fingerprint density at radius 1 is 1.29 bits per heavy atom. The smallest absolute Gasteiger partial charge is 0.328 e. The molecule has 0 aromatic heterocycles. The minimum atomic E-state index is -3.23. The second kappa shape index (κ2) is 7.36. The minimum absolute atomic E-state index is 0.0431. The normalized spacial score (nSPS) is 20.8. The first-order chi connectivity index (χ1) is 9.77. The molecule has 0 aromatic carbocycles. The molecule has 9 nitrogen and oxygen atoms in total.